The third kappa shape index (κ3) is 3.60. The summed E-state index contributed by atoms with van der Waals surface area (Å²) in [4.78, 5) is 33.0. The number of furan rings is 1. The number of rotatable bonds is 4. The normalized spacial score (nSPS) is 16.1. The first kappa shape index (κ1) is 21.9. The average molecular weight is 521 g/mol. The number of hydrogen-bond acceptors (Lipinski definition) is 6. The maximum atomic E-state index is 13.7. The van der Waals surface area contributed by atoms with Crippen molar-refractivity contribution >= 4 is 72.5 Å². The van der Waals surface area contributed by atoms with E-state index in [2.05, 4.69) is 4.98 Å². The van der Waals surface area contributed by atoms with E-state index in [4.69, 9.17) is 27.6 Å². The van der Waals surface area contributed by atoms with Crippen molar-refractivity contribution in [3.63, 3.8) is 0 Å². The Balaban J connectivity index is 1.52. The molecule has 35 heavy (non-hydrogen) atoms. The van der Waals surface area contributed by atoms with Crippen LogP contribution < -0.4 is 4.90 Å². The van der Waals surface area contributed by atoms with E-state index in [1.807, 2.05) is 12.1 Å². The van der Waals surface area contributed by atoms with Crippen LogP contribution in [-0.4, -0.2) is 21.8 Å². The van der Waals surface area contributed by atoms with E-state index >= 15 is 0 Å². The SMILES string of the molecule is O=C(C1=C(O)C(=O)N(c2nc3ccc(Cl)cc3s2)C1c1cccc(Cl)c1)c1cc2ccccc2o1. The van der Waals surface area contributed by atoms with Crippen LogP contribution in [0.25, 0.3) is 21.2 Å². The number of anilines is 1. The van der Waals surface area contributed by atoms with E-state index in [1.165, 1.54) is 16.2 Å². The van der Waals surface area contributed by atoms with Crippen molar-refractivity contribution in [1.82, 2.24) is 4.98 Å². The third-order valence-electron chi connectivity index (χ3n) is 5.81. The van der Waals surface area contributed by atoms with Gasteiger partial charge in [0, 0.05) is 15.4 Å². The fraction of sp³-hybridized carbons (Fsp3) is 0.0385. The number of ketones is 1. The number of aromatic nitrogens is 1. The lowest BCUT2D eigenvalue weighted by Gasteiger charge is -2.24. The molecule has 0 fully saturated rings. The van der Waals surface area contributed by atoms with Gasteiger partial charge >= 0.3 is 0 Å². The Morgan fingerprint density at radius 3 is 2.60 bits per heavy atom. The monoisotopic (exact) mass is 520 g/mol. The molecule has 2 aromatic heterocycles. The Bertz CT molecular complexity index is 1670. The lowest BCUT2D eigenvalue weighted by Crippen LogP contribution is -2.30. The highest BCUT2D eigenvalue weighted by atomic mass is 35.5. The number of carbonyl (C=O) groups excluding carboxylic acids is 2. The minimum absolute atomic E-state index is 0.0190. The number of aliphatic hydroxyl groups excluding tert-OH is 1. The van der Waals surface area contributed by atoms with Crippen LogP contribution in [-0.2, 0) is 4.79 Å². The number of amides is 1. The predicted octanol–water partition coefficient (Wildman–Crippen LogP) is 7.13. The van der Waals surface area contributed by atoms with Crippen LogP contribution in [0.2, 0.25) is 10.0 Å². The summed E-state index contributed by atoms with van der Waals surface area (Å²) in [5.41, 5.74) is 1.61. The second-order valence-corrected chi connectivity index (χ2v) is 9.86. The van der Waals surface area contributed by atoms with Crippen molar-refractivity contribution in [2.24, 2.45) is 0 Å². The quantitative estimate of drug-likeness (QED) is 0.254. The van der Waals surface area contributed by atoms with Crippen molar-refractivity contribution in [3.05, 3.63) is 105 Å². The van der Waals surface area contributed by atoms with Gasteiger partial charge < -0.3 is 9.52 Å². The molecule has 0 saturated heterocycles. The van der Waals surface area contributed by atoms with E-state index in [-0.39, 0.29) is 11.3 Å². The molecule has 6 nitrogen and oxygen atoms in total. The molecule has 1 atom stereocenters. The van der Waals surface area contributed by atoms with Crippen LogP contribution in [0.3, 0.4) is 0 Å². The molecule has 1 aliphatic heterocycles. The van der Waals surface area contributed by atoms with E-state index in [1.54, 1.807) is 60.7 Å². The number of nitrogens with zero attached hydrogens (tertiary/aromatic N) is 2. The van der Waals surface area contributed by atoms with Crippen molar-refractivity contribution < 1.29 is 19.1 Å². The van der Waals surface area contributed by atoms with E-state index in [9.17, 15) is 14.7 Å². The summed E-state index contributed by atoms with van der Waals surface area (Å²) in [6, 6.07) is 19.8. The molecule has 6 rings (SSSR count). The largest absolute Gasteiger partial charge is 0.503 e. The van der Waals surface area contributed by atoms with Gasteiger partial charge in [-0.15, -0.1) is 0 Å². The maximum Gasteiger partial charge on any atom is 0.296 e. The van der Waals surface area contributed by atoms with Gasteiger partial charge in [0.1, 0.15) is 5.58 Å². The highest BCUT2D eigenvalue weighted by Gasteiger charge is 2.46. The second kappa shape index (κ2) is 8.23. The van der Waals surface area contributed by atoms with Gasteiger partial charge in [-0.05, 0) is 48.0 Å². The molecular formula is C26H14Cl2N2O4S. The second-order valence-electron chi connectivity index (χ2n) is 7.98. The minimum Gasteiger partial charge on any atom is -0.503 e. The zero-order chi connectivity index (χ0) is 24.3. The number of para-hydroxylation sites is 1. The van der Waals surface area contributed by atoms with Crippen LogP contribution in [0.1, 0.15) is 22.2 Å². The number of hydrogen-bond donors (Lipinski definition) is 1. The van der Waals surface area contributed by atoms with Gasteiger partial charge in [0.2, 0.25) is 5.78 Å². The number of benzene rings is 3. The molecule has 1 amide bonds. The molecule has 0 bridgehead atoms. The number of thiazole rings is 1. The standard InChI is InChI=1S/C26H14Cl2N2O4S/c27-15-6-3-5-14(10-15)22-21(23(31)19-11-13-4-1-2-7-18(13)34-19)24(32)25(33)30(22)26-29-17-9-8-16(28)12-20(17)35-26/h1-12,22,32H. The van der Waals surface area contributed by atoms with Crippen LogP contribution in [0, 0.1) is 0 Å². The van der Waals surface area contributed by atoms with Gasteiger partial charge in [0.05, 0.1) is 21.8 Å². The first-order chi connectivity index (χ1) is 16.9. The van der Waals surface area contributed by atoms with E-state index in [0.29, 0.717) is 31.8 Å². The van der Waals surface area contributed by atoms with E-state index < -0.39 is 23.5 Å². The summed E-state index contributed by atoms with van der Waals surface area (Å²) in [6.45, 7) is 0. The van der Waals surface area contributed by atoms with Crippen molar-refractivity contribution in [1.29, 1.82) is 0 Å². The van der Waals surface area contributed by atoms with Crippen molar-refractivity contribution in [2.75, 3.05) is 4.90 Å². The van der Waals surface area contributed by atoms with Crippen LogP contribution in [0.5, 0.6) is 0 Å². The Morgan fingerprint density at radius 2 is 1.80 bits per heavy atom. The fourth-order valence-electron chi connectivity index (χ4n) is 4.24. The molecule has 9 heteroatoms. The highest BCUT2D eigenvalue weighted by Crippen LogP contribution is 2.45. The molecule has 0 radical (unpaired) electrons. The fourth-order valence-corrected chi connectivity index (χ4v) is 5.71. The van der Waals surface area contributed by atoms with Crippen LogP contribution in [0.15, 0.2) is 88.5 Å². The molecule has 1 N–H and O–H groups in total. The first-order valence-corrected chi connectivity index (χ1v) is 12.1. The molecule has 0 saturated carbocycles. The van der Waals surface area contributed by atoms with Gasteiger partial charge in [-0.25, -0.2) is 4.98 Å². The average Bonchev–Trinajstić information content (AvgIpc) is 3.52. The number of Topliss-reactive ketones (excluding diaryl/α,β-unsaturated/α-hetero) is 1. The van der Waals surface area contributed by atoms with Gasteiger partial charge in [0.15, 0.2) is 16.7 Å². The smallest absolute Gasteiger partial charge is 0.296 e. The summed E-state index contributed by atoms with van der Waals surface area (Å²) in [7, 11) is 0. The lowest BCUT2D eigenvalue weighted by molar-refractivity contribution is -0.117. The Morgan fingerprint density at radius 1 is 1.00 bits per heavy atom. The van der Waals surface area contributed by atoms with E-state index in [0.717, 1.165) is 10.1 Å². The predicted molar refractivity (Wildman–Crippen MR) is 137 cm³/mol. The van der Waals surface area contributed by atoms with Crippen LogP contribution >= 0.6 is 34.5 Å². The molecule has 172 valence electrons. The zero-order valence-electron chi connectivity index (χ0n) is 17.7. The van der Waals surface area contributed by atoms with Gasteiger partial charge in [-0.2, -0.15) is 0 Å². The van der Waals surface area contributed by atoms with Crippen LogP contribution in [0.4, 0.5) is 5.13 Å². The zero-order valence-corrected chi connectivity index (χ0v) is 20.1. The Labute approximate surface area is 212 Å². The van der Waals surface area contributed by atoms with Gasteiger partial charge in [-0.3, -0.25) is 14.5 Å². The van der Waals surface area contributed by atoms with Crippen molar-refractivity contribution in [2.45, 2.75) is 6.04 Å². The molecule has 1 aliphatic rings. The molecule has 5 aromatic rings. The molecule has 1 unspecified atom stereocenters. The summed E-state index contributed by atoms with van der Waals surface area (Å²) in [5, 5.41) is 13.0. The van der Waals surface area contributed by atoms with Gasteiger partial charge in [0.25, 0.3) is 5.91 Å². The summed E-state index contributed by atoms with van der Waals surface area (Å²) in [5.74, 6) is -1.97. The van der Waals surface area contributed by atoms with Crippen molar-refractivity contribution in [3.8, 4) is 0 Å². The number of fused-ring (bicyclic) bond motifs is 2. The molecule has 0 aliphatic carbocycles. The molecule has 3 heterocycles. The summed E-state index contributed by atoms with van der Waals surface area (Å²) < 4.78 is 6.52. The number of aliphatic hydroxyl groups is 1. The minimum atomic E-state index is -0.960. The molecule has 3 aromatic carbocycles. The topological polar surface area (TPSA) is 83.6 Å². The lowest BCUT2D eigenvalue weighted by atomic mass is 9.95. The Kier molecular flexibility index (Phi) is 5.14. The highest BCUT2D eigenvalue weighted by molar-refractivity contribution is 7.22. The Hall–Kier alpha value is -3.65. The number of carbonyl (C=O) groups is 2. The maximum absolute atomic E-state index is 13.7. The molecule has 0 spiro atoms. The first-order valence-electron chi connectivity index (χ1n) is 10.5. The summed E-state index contributed by atoms with van der Waals surface area (Å²) >= 11 is 13.6. The number of halogens is 2. The molecular weight excluding hydrogens is 507 g/mol. The third-order valence-corrected chi connectivity index (χ3v) is 7.30. The summed E-state index contributed by atoms with van der Waals surface area (Å²) in [6.07, 6.45) is 0. The van der Waals surface area contributed by atoms with Gasteiger partial charge in [-0.1, -0.05) is 64.9 Å².